The van der Waals surface area contributed by atoms with E-state index < -0.39 is 5.82 Å². The molecule has 1 aliphatic rings. The summed E-state index contributed by atoms with van der Waals surface area (Å²) in [5.41, 5.74) is 2.09. The molecule has 0 radical (unpaired) electrons. The molecule has 0 bridgehead atoms. The number of hydrogen-bond donors (Lipinski definition) is 0. The smallest absolute Gasteiger partial charge is 0.173 e. The highest BCUT2D eigenvalue weighted by Crippen LogP contribution is 2.31. The van der Waals surface area contributed by atoms with Crippen LogP contribution in [0.15, 0.2) is 17.7 Å². The van der Waals surface area contributed by atoms with Gasteiger partial charge in [0, 0.05) is 12.0 Å². The predicted molar refractivity (Wildman–Crippen MR) is 59.9 cm³/mol. The van der Waals surface area contributed by atoms with Gasteiger partial charge in [-0.1, -0.05) is 0 Å². The number of hydrogen-bond acceptors (Lipinski definition) is 3. The van der Waals surface area contributed by atoms with Crippen LogP contribution in [-0.4, -0.2) is 12.9 Å². The minimum atomic E-state index is -0.436. The summed E-state index contributed by atoms with van der Waals surface area (Å²) in [6.45, 7) is 0. The Morgan fingerprint density at radius 3 is 3.00 bits per heavy atom. The third-order valence-electron chi connectivity index (χ3n) is 2.72. The zero-order valence-electron chi connectivity index (χ0n) is 9.29. The van der Waals surface area contributed by atoms with Gasteiger partial charge in [0.2, 0.25) is 0 Å². The zero-order valence-corrected chi connectivity index (χ0v) is 9.29. The first-order valence-corrected chi connectivity index (χ1v) is 5.13. The van der Waals surface area contributed by atoms with Crippen molar-refractivity contribution in [3.05, 3.63) is 34.6 Å². The van der Waals surface area contributed by atoms with Crippen molar-refractivity contribution in [2.75, 3.05) is 7.11 Å². The quantitative estimate of drug-likeness (QED) is 0.801. The number of nitriles is 1. The standard InChI is InChI=1S/C13H10FNO2/c1-17-13-7-9-5-10(12(16)2-3-15)4-8(9)6-11(13)14/h5-7H,2,4H2,1H3. The highest BCUT2D eigenvalue weighted by Gasteiger charge is 2.20. The van der Waals surface area contributed by atoms with E-state index >= 15 is 0 Å². The van der Waals surface area contributed by atoms with Gasteiger partial charge in [0.05, 0.1) is 19.6 Å². The van der Waals surface area contributed by atoms with E-state index in [1.807, 2.05) is 6.07 Å². The van der Waals surface area contributed by atoms with E-state index in [1.165, 1.54) is 13.2 Å². The number of halogens is 1. The maximum atomic E-state index is 13.4. The van der Waals surface area contributed by atoms with Gasteiger partial charge in [-0.3, -0.25) is 4.79 Å². The number of allylic oxidation sites excluding steroid dienone is 1. The molecule has 1 aromatic rings. The molecular weight excluding hydrogens is 221 g/mol. The van der Waals surface area contributed by atoms with Crippen LogP contribution in [0.5, 0.6) is 5.75 Å². The molecule has 2 rings (SSSR count). The van der Waals surface area contributed by atoms with Crippen molar-refractivity contribution in [2.24, 2.45) is 0 Å². The summed E-state index contributed by atoms with van der Waals surface area (Å²) in [6, 6.07) is 4.76. The lowest BCUT2D eigenvalue weighted by atomic mass is 10.1. The third-order valence-corrected chi connectivity index (χ3v) is 2.72. The predicted octanol–water partition coefficient (Wildman–Crippen LogP) is 2.26. The van der Waals surface area contributed by atoms with E-state index in [-0.39, 0.29) is 18.0 Å². The number of fused-ring (bicyclic) bond motifs is 1. The summed E-state index contributed by atoms with van der Waals surface area (Å²) in [5, 5.41) is 8.46. The van der Waals surface area contributed by atoms with Crippen molar-refractivity contribution in [2.45, 2.75) is 12.8 Å². The molecule has 0 aromatic heterocycles. The Balaban J connectivity index is 2.33. The van der Waals surface area contributed by atoms with Crippen LogP contribution in [0.3, 0.4) is 0 Å². The van der Waals surface area contributed by atoms with E-state index in [2.05, 4.69) is 0 Å². The highest BCUT2D eigenvalue weighted by molar-refractivity contribution is 6.02. The van der Waals surface area contributed by atoms with Crippen molar-refractivity contribution in [1.82, 2.24) is 0 Å². The lowest BCUT2D eigenvalue weighted by Crippen LogP contribution is -2.00. The number of carbonyl (C=O) groups is 1. The lowest BCUT2D eigenvalue weighted by Gasteiger charge is -2.04. The molecule has 17 heavy (non-hydrogen) atoms. The minimum absolute atomic E-state index is 0.139. The summed E-state index contributed by atoms with van der Waals surface area (Å²) in [4.78, 5) is 11.5. The first kappa shape index (κ1) is 11.3. The van der Waals surface area contributed by atoms with Crippen molar-refractivity contribution in [1.29, 1.82) is 5.26 Å². The van der Waals surface area contributed by atoms with Crippen LogP contribution in [0.4, 0.5) is 4.39 Å². The molecule has 0 spiro atoms. The second-order valence-electron chi connectivity index (χ2n) is 3.79. The van der Waals surface area contributed by atoms with Gasteiger partial charge >= 0.3 is 0 Å². The number of rotatable bonds is 3. The zero-order chi connectivity index (χ0) is 12.4. The van der Waals surface area contributed by atoms with Gasteiger partial charge in [-0.15, -0.1) is 0 Å². The number of nitrogens with zero attached hydrogens (tertiary/aromatic N) is 1. The summed E-state index contributed by atoms with van der Waals surface area (Å²) >= 11 is 0. The maximum Gasteiger partial charge on any atom is 0.173 e. The number of benzene rings is 1. The van der Waals surface area contributed by atoms with Gasteiger partial charge in [-0.2, -0.15) is 5.26 Å². The largest absolute Gasteiger partial charge is 0.494 e. The molecule has 4 heteroatoms. The van der Waals surface area contributed by atoms with Crippen LogP contribution in [-0.2, 0) is 11.2 Å². The summed E-state index contributed by atoms with van der Waals surface area (Å²) in [7, 11) is 1.39. The Kier molecular flexibility index (Phi) is 2.92. The highest BCUT2D eigenvalue weighted by atomic mass is 19.1. The maximum absolute atomic E-state index is 13.4. The third kappa shape index (κ3) is 2.04. The van der Waals surface area contributed by atoms with Gasteiger partial charge in [0.1, 0.15) is 0 Å². The molecule has 1 aliphatic carbocycles. The Bertz CT molecular complexity index is 555. The fourth-order valence-corrected chi connectivity index (χ4v) is 1.86. The van der Waals surface area contributed by atoms with Gasteiger partial charge in [0.15, 0.2) is 17.3 Å². The second-order valence-corrected chi connectivity index (χ2v) is 3.79. The van der Waals surface area contributed by atoms with Crippen LogP contribution in [0, 0.1) is 17.1 Å². The molecule has 0 amide bonds. The SMILES string of the molecule is COc1cc2c(cc1F)CC(C(=O)CC#N)=C2. The van der Waals surface area contributed by atoms with E-state index in [0.717, 1.165) is 11.1 Å². The van der Waals surface area contributed by atoms with Crippen LogP contribution in [0.25, 0.3) is 6.08 Å². The molecule has 0 N–H and O–H groups in total. The van der Waals surface area contributed by atoms with Crippen molar-refractivity contribution in [3.8, 4) is 11.8 Å². The van der Waals surface area contributed by atoms with Crippen LogP contribution < -0.4 is 4.74 Å². The summed E-state index contributed by atoms with van der Waals surface area (Å²) in [5.74, 6) is -0.481. The number of methoxy groups -OCH3 is 1. The van der Waals surface area contributed by atoms with Crippen LogP contribution in [0.1, 0.15) is 17.5 Å². The van der Waals surface area contributed by atoms with Gasteiger partial charge < -0.3 is 4.74 Å². The molecule has 0 aliphatic heterocycles. The molecule has 0 saturated heterocycles. The van der Waals surface area contributed by atoms with E-state index in [1.54, 1.807) is 12.1 Å². The van der Waals surface area contributed by atoms with E-state index in [9.17, 15) is 9.18 Å². The molecule has 0 saturated carbocycles. The molecule has 1 aromatic carbocycles. The Morgan fingerprint density at radius 2 is 2.35 bits per heavy atom. The molecular formula is C13H10FNO2. The van der Waals surface area contributed by atoms with Crippen molar-refractivity contribution < 1.29 is 13.9 Å². The van der Waals surface area contributed by atoms with Gasteiger partial charge in [0.25, 0.3) is 0 Å². The van der Waals surface area contributed by atoms with Gasteiger partial charge in [-0.05, 0) is 29.3 Å². The lowest BCUT2D eigenvalue weighted by molar-refractivity contribution is -0.114. The summed E-state index contributed by atoms with van der Waals surface area (Å²) in [6.07, 6.45) is 1.94. The van der Waals surface area contributed by atoms with E-state index in [4.69, 9.17) is 10.00 Å². The topological polar surface area (TPSA) is 50.1 Å². The molecule has 86 valence electrons. The average molecular weight is 231 g/mol. The van der Waals surface area contributed by atoms with E-state index in [0.29, 0.717) is 12.0 Å². The molecule has 0 heterocycles. The van der Waals surface area contributed by atoms with Crippen molar-refractivity contribution >= 4 is 11.9 Å². The molecule has 0 fully saturated rings. The van der Waals surface area contributed by atoms with Crippen LogP contribution >= 0.6 is 0 Å². The average Bonchev–Trinajstić information content (AvgIpc) is 2.71. The monoisotopic (exact) mass is 231 g/mol. The fraction of sp³-hybridized carbons (Fsp3) is 0.231. The number of ether oxygens (including phenoxy) is 1. The first-order valence-electron chi connectivity index (χ1n) is 5.13. The second kappa shape index (κ2) is 4.38. The molecule has 0 atom stereocenters. The number of ketones is 1. The normalized spacial score (nSPS) is 12.6. The summed E-state index contributed by atoms with van der Waals surface area (Å²) < 4.78 is 18.3. The number of carbonyl (C=O) groups excluding carboxylic acids is 1. The molecule has 0 unspecified atom stereocenters. The fourth-order valence-electron chi connectivity index (χ4n) is 1.86. The minimum Gasteiger partial charge on any atom is -0.494 e. The first-order chi connectivity index (χ1) is 8.15. The van der Waals surface area contributed by atoms with Crippen molar-refractivity contribution in [3.63, 3.8) is 0 Å². The number of Topliss-reactive ketones (excluding diaryl/α,β-unsaturated/α-hetero) is 1. The molecule has 3 nitrogen and oxygen atoms in total. The Labute approximate surface area is 98.1 Å². The van der Waals surface area contributed by atoms with Crippen LogP contribution in [0.2, 0.25) is 0 Å². The van der Waals surface area contributed by atoms with Gasteiger partial charge in [-0.25, -0.2) is 4.39 Å². The Hall–Kier alpha value is -2.15. The Morgan fingerprint density at radius 1 is 1.59 bits per heavy atom.